The molecule has 0 N–H and O–H groups in total. The Hall–Kier alpha value is -2.21. The smallest absolute Gasteiger partial charge is 0.233 e. The van der Waals surface area contributed by atoms with Gasteiger partial charge in [-0.1, -0.05) is 0 Å². The molecule has 2 aliphatic rings. The third-order valence-corrected chi connectivity index (χ3v) is 5.81. The number of amides is 1. The van der Waals surface area contributed by atoms with Gasteiger partial charge in [0.15, 0.2) is 0 Å². The van der Waals surface area contributed by atoms with Gasteiger partial charge >= 0.3 is 0 Å². The minimum absolute atomic E-state index is 0.361. The van der Waals surface area contributed by atoms with Gasteiger partial charge in [-0.05, 0) is 62.8 Å². The van der Waals surface area contributed by atoms with Gasteiger partial charge in [0.1, 0.15) is 0 Å². The Morgan fingerprint density at radius 3 is 2.70 bits per heavy atom. The second kappa shape index (κ2) is 8.65. The van der Waals surface area contributed by atoms with Gasteiger partial charge in [0.2, 0.25) is 11.9 Å². The first-order valence-corrected chi connectivity index (χ1v) is 10.2. The van der Waals surface area contributed by atoms with Crippen molar-refractivity contribution in [2.75, 3.05) is 26.2 Å². The molecule has 2 fully saturated rings. The number of likely N-dealkylation sites (tertiary alicyclic amines) is 2. The lowest BCUT2D eigenvalue weighted by atomic mass is 9.93. The summed E-state index contributed by atoms with van der Waals surface area (Å²) in [6, 6.07) is 6.05. The topological polar surface area (TPSA) is 54.3 Å². The maximum atomic E-state index is 12.3. The molecule has 6 heteroatoms. The molecule has 144 valence electrons. The first-order valence-electron chi connectivity index (χ1n) is 10.2. The third kappa shape index (κ3) is 4.56. The normalized spacial score (nSPS) is 20.9. The molecule has 0 saturated carbocycles. The molecule has 0 aromatic carbocycles. The quantitative estimate of drug-likeness (QED) is 0.788. The Labute approximate surface area is 161 Å². The van der Waals surface area contributed by atoms with Crippen molar-refractivity contribution in [1.29, 1.82) is 0 Å². The van der Waals surface area contributed by atoms with Gasteiger partial charge in [-0.3, -0.25) is 14.3 Å². The average molecular weight is 367 g/mol. The van der Waals surface area contributed by atoms with E-state index in [2.05, 4.69) is 31.6 Å². The van der Waals surface area contributed by atoms with E-state index in [1.54, 1.807) is 12.4 Å². The zero-order chi connectivity index (χ0) is 18.5. The summed E-state index contributed by atoms with van der Waals surface area (Å²) in [7, 11) is 0. The fraction of sp³-hybridized carbons (Fsp3) is 0.571. The molecule has 4 heterocycles. The predicted octanol–water partition coefficient (Wildman–Crippen LogP) is 2.88. The van der Waals surface area contributed by atoms with Gasteiger partial charge in [0.05, 0.1) is 0 Å². The molecule has 0 spiro atoms. The number of rotatable bonds is 6. The lowest BCUT2D eigenvalue weighted by Crippen LogP contribution is -2.36. The highest BCUT2D eigenvalue weighted by atomic mass is 16.2. The molecule has 0 aliphatic carbocycles. The van der Waals surface area contributed by atoms with E-state index in [0.29, 0.717) is 18.2 Å². The largest absolute Gasteiger partial charge is 0.343 e. The van der Waals surface area contributed by atoms with E-state index in [4.69, 9.17) is 0 Å². The molecule has 2 aromatic rings. The fourth-order valence-corrected chi connectivity index (χ4v) is 4.37. The van der Waals surface area contributed by atoms with Crippen molar-refractivity contribution in [2.45, 2.75) is 45.1 Å². The monoisotopic (exact) mass is 367 g/mol. The first-order chi connectivity index (χ1) is 13.3. The van der Waals surface area contributed by atoms with Crippen LogP contribution in [0.3, 0.4) is 0 Å². The molecule has 2 saturated heterocycles. The Balaban J connectivity index is 1.31. The minimum Gasteiger partial charge on any atom is -0.343 e. The van der Waals surface area contributed by atoms with Crippen LogP contribution in [-0.4, -0.2) is 56.4 Å². The van der Waals surface area contributed by atoms with Gasteiger partial charge < -0.3 is 4.90 Å². The van der Waals surface area contributed by atoms with Crippen LogP contribution >= 0.6 is 0 Å². The van der Waals surface area contributed by atoms with E-state index < -0.39 is 0 Å². The number of hydrogen-bond donors (Lipinski definition) is 0. The number of nitrogens with zero attached hydrogens (tertiary/aromatic N) is 5. The number of aromatic nitrogens is 3. The summed E-state index contributed by atoms with van der Waals surface area (Å²) in [5.41, 5.74) is 1.22. The van der Waals surface area contributed by atoms with Crippen molar-refractivity contribution in [2.24, 2.45) is 5.92 Å². The molecular formula is C21H29N5O. The summed E-state index contributed by atoms with van der Waals surface area (Å²) in [6.45, 7) is 5.04. The van der Waals surface area contributed by atoms with Gasteiger partial charge in [-0.25, -0.2) is 9.97 Å². The summed E-state index contributed by atoms with van der Waals surface area (Å²) in [5.74, 6) is 1.71. The van der Waals surface area contributed by atoms with E-state index in [9.17, 15) is 4.79 Å². The number of carbonyl (C=O) groups is 1. The van der Waals surface area contributed by atoms with Crippen LogP contribution in [0, 0.1) is 5.92 Å². The van der Waals surface area contributed by atoms with Crippen molar-refractivity contribution in [3.8, 4) is 5.95 Å². The first kappa shape index (κ1) is 18.2. The van der Waals surface area contributed by atoms with Crippen LogP contribution in [0.4, 0.5) is 0 Å². The molecule has 4 rings (SSSR count). The SMILES string of the molecule is O=C(CC[C@@H]1CCCN(Cc2cccn2-c2ncccn2)C1)N1CCCC1. The van der Waals surface area contributed by atoms with Gasteiger partial charge in [0, 0.05) is 56.9 Å². The summed E-state index contributed by atoms with van der Waals surface area (Å²) in [5, 5.41) is 0. The molecule has 0 bridgehead atoms. The summed E-state index contributed by atoms with van der Waals surface area (Å²) >= 11 is 0. The van der Waals surface area contributed by atoms with Crippen LogP contribution in [0.1, 0.15) is 44.2 Å². The second-order valence-electron chi connectivity index (χ2n) is 7.79. The van der Waals surface area contributed by atoms with Crippen LogP contribution < -0.4 is 0 Å². The summed E-state index contributed by atoms with van der Waals surface area (Å²) < 4.78 is 2.07. The lowest BCUT2D eigenvalue weighted by Gasteiger charge is -2.33. The van der Waals surface area contributed by atoms with Crippen LogP contribution in [0.25, 0.3) is 5.95 Å². The molecule has 1 atom stereocenters. The summed E-state index contributed by atoms with van der Waals surface area (Å²) in [4.78, 5) is 25.6. The molecule has 0 unspecified atom stereocenters. The van der Waals surface area contributed by atoms with Crippen molar-refractivity contribution >= 4 is 5.91 Å². The number of hydrogen-bond acceptors (Lipinski definition) is 4. The standard InChI is InChI=1S/C21H29N5O/c27-20(25-13-1-2-14-25)9-8-18-6-3-12-24(16-18)17-19-7-4-15-26(19)21-22-10-5-11-23-21/h4-5,7,10-11,15,18H,1-3,6,8-9,12-14,16-17H2/t18-/m0/s1. The van der Waals surface area contributed by atoms with Crippen molar-refractivity contribution < 1.29 is 4.79 Å². The van der Waals surface area contributed by atoms with Crippen LogP contribution in [0.2, 0.25) is 0 Å². The molecule has 1 amide bonds. The number of carbonyl (C=O) groups excluding carboxylic acids is 1. The van der Waals surface area contributed by atoms with Crippen LogP contribution in [0.5, 0.6) is 0 Å². The Morgan fingerprint density at radius 2 is 1.89 bits per heavy atom. The molecule has 27 heavy (non-hydrogen) atoms. The Kier molecular flexibility index (Phi) is 5.82. The van der Waals surface area contributed by atoms with Crippen molar-refractivity contribution in [3.63, 3.8) is 0 Å². The lowest BCUT2D eigenvalue weighted by molar-refractivity contribution is -0.130. The maximum absolute atomic E-state index is 12.3. The second-order valence-corrected chi connectivity index (χ2v) is 7.79. The zero-order valence-electron chi connectivity index (χ0n) is 16.0. The fourth-order valence-electron chi connectivity index (χ4n) is 4.37. The van der Waals surface area contributed by atoms with Crippen LogP contribution in [-0.2, 0) is 11.3 Å². The van der Waals surface area contributed by atoms with E-state index >= 15 is 0 Å². The highest BCUT2D eigenvalue weighted by Gasteiger charge is 2.23. The molecule has 6 nitrogen and oxygen atoms in total. The Morgan fingerprint density at radius 1 is 1.07 bits per heavy atom. The maximum Gasteiger partial charge on any atom is 0.233 e. The van der Waals surface area contributed by atoms with Gasteiger partial charge in [-0.2, -0.15) is 0 Å². The number of piperidine rings is 1. The average Bonchev–Trinajstić information content (AvgIpc) is 3.39. The molecule has 2 aliphatic heterocycles. The van der Waals surface area contributed by atoms with Gasteiger partial charge in [0.25, 0.3) is 0 Å². The van der Waals surface area contributed by atoms with E-state index in [0.717, 1.165) is 45.1 Å². The van der Waals surface area contributed by atoms with E-state index in [1.165, 1.54) is 31.4 Å². The third-order valence-electron chi connectivity index (χ3n) is 5.81. The zero-order valence-corrected chi connectivity index (χ0v) is 16.0. The minimum atomic E-state index is 0.361. The van der Waals surface area contributed by atoms with E-state index in [1.807, 2.05) is 17.2 Å². The highest BCUT2D eigenvalue weighted by Crippen LogP contribution is 2.24. The van der Waals surface area contributed by atoms with E-state index in [-0.39, 0.29) is 0 Å². The Bertz CT molecular complexity index is 738. The van der Waals surface area contributed by atoms with Crippen LogP contribution in [0.15, 0.2) is 36.8 Å². The predicted molar refractivity (Wildman–Crippen MR) is 104 cm³/mol. The molecule has 0 radical (unpaired) electrons. The van der Waals surface area contributed by atoms with Crippen molar-refractivity contribution in [1.82, 2.24) is 24.3 Å². The molecular weight excluding hydrogens is 338 g/mol. The summed E-state index contributed by atoms with van der Waals surface area (Å²) in [6.07, 6.45) is 12.1. The van der Waals surface area contributed by atoms with Gasteiger partial charge in [-0.15, -0.1) is 0 Å². The highest BCUT2D eigenvalue weighted by molar-refractivity contribution is 5.76. The van der Waals surface area contributed by atoms with Crippen molar-refractivity contribution in [3.05, 3.63) is 42.5 Å². The molecule has 2 aromatic heterocycles.